The van der Waals surface area contributed by atoms with Crippen LogP contribution in [0.1, 0.15) is 50.8 Å². The summed E-state index contributed by atoms with van der Waals surface area (Å²) in [6.45, 7) is 6.63. The summed E-state index contributed by atoms with van der Waals surface area (Å²) >= 11 is 0. The molecular formula is C26H32FN5O4. The fraction of sp³-hybridized carbons (Fsp3) is 0.385. The molecule has 0 unspecified atom stereocenters. The molecule has 0 saturated heterocycles. The highest BCUT2D eigenvalue weighted by atomic mass is 19.1. The summed E-state index contributed by atoms with van der Waals surface area (Å²) in [5.74, 6) is -0.297. The molecule has 0 bridgehead atoms. The number of carboxylic acids is 1. The molecule has 36 heavy (non-hydrogen) atoms. The second-order valence-electron chi connectivity index (χ2n) is 8.81. The summed E-state index contributed by atoms with van der Waals surface area (Å²) in [6, 6.07) is 7.84. The van der Waals surface area contributed by atoms with Crippen LogP contribution in [0, 0.1) is 5.82 Å². The summed E-state index contributed by atoms with van der Waals surface area (Å²) in [6.07, 6.45) is 2.01. The normalized spacial score (nSPS) is 13.3. The Bertz CT molecular complexity index is 1210. The third-order valence-corrected chi connectivity index (χ3v) is 5.67. The van der Waals surface area contributed by atoms with Crippen molar-refractivity contribution in [1.82, 2.24) is 19.7 Å². The molecule has 0 aliphatic carbocycles. The van der Waals surface area contributed by atoms with E-state index in [9.17, 15) is 19.4 Å². The number of aryl methyl sites for hydroxylation is 1. The molecule has 9 nitrogen and oxygen atoms in total. The number of carboxylic acid groups (broad SMARTS) is 1. The number of halogens is 1. The van der Waals surface area contributed by atoms with E-state index in [1.54, 1.807) is 24.4 Å². The minimum absolute atomic E-state index is 0.0233. The average molecular weight is 498 g/mol. The van der Waals surface area contributed by atoms with Crippen LogP contribution in [0.15, 0.2) is 42.6 Å². The Morgan fingerprint density at radius 3 is 2.47 bits per heavy atom. The zero-order valence-electron chi connectivity index (χ0n) is 20.8. The van der Waals surface area contributed by atoms with Crippen molar-refractivity contribution in [3.05, 3.63) is 59.7 Å². The molecule has 0 fully saturated rings. The number of carbonyl (C=O) groups is 1. The summed E-state index contributed by atoms with van der Waals surface area (Å²) < 4.78 is 15.5. The van der Waals surface area contributed by atoms with Gasteiger partial charge in [-0.1, -0.05) is 26.0 Å². The molecule has 0 amide bonds. The fourth-order valence-corrected chi connectivity index (χ4v) is 3.86. The van der Waals surface area contributed by atoms with Crippen LogP contribution < -0.4 is 4.90 Å². The molecule has 2 aromatic heterocycles. The van der Waals surface area contributed by atoms with Crippen LogP contribution in [-0.4, -0.2) is 60.3 Å². The molecule has 2 heterocycles. The third-order valence-electron chi connectivity index (χ3n) is 5.67. The van der Waals surface area contributed by atoms with Crippen LogP contribution in [0.3, 0.4) is 0 Å². The lowest BCUT2D eigenvalue weighted by Crippen LogP contribution is -2.20. The van der Waals surface area contributed by atoms with Gasteiger partial charge < -0.3 is 15.3 Å². The molecule has 0 saturated carbocycles. The Morgan fingerprint density at radius 1 is 1.17 bits per heavy atom. The van der Waals surface area contributed by atoms with Crippen molar-refractivity contribution >= 4 is 23.8 Å². The smallest absolute Gasteiger partial charge is 0.305 e. The van der Waals surface area contributed by atoms with Gasteiger partial charge in [-0.3, -0.25) is 9.69 Å². The summed E-state index contributed by atoms with van der Waals surface area (Å²) in [5.41, 5.74) is 2.57. The van der Waals surface area contributed by atoms with Gasteiger partial charge >= 0.3 is 5.97 Å². The third kappa shape index (κ3) is 6.52. The van der Waals surface area contributed by atoms with E-state index < -0.39 is 24.6 Å². The Labute approximate surface area is 209 Å². The van der Waals surface area contributed by atoms with Gasteiger partial charge in [0.25, 0.3) is 0 Å². The van der Waals surface area contributed by atoms with E-state index in [4.69, 9.17) is 15.1 Å². The first-order chi connectivity index (χ1) is 17.1. The maximum atomic E-state index is 13.7. The molecule has 0 aliphatic heterocycles. The number of anilines is 2. The van der Waals surface area contributed by atoms with E-state index in [2.05, 4.69) is 5.10 Å². The van der Waals surface area contributed by atoms with Crippen molar-refractivity contribution in [3.8, 4) is 11.3 Å². The zero-order chi connectivity index (χ0) is 26.4. The van der Waals surface area contributed by atoms with Gasteiger partial charge in [-0.2, -0.15) is 5.10 Å². The number of aliphatic hydroxyl groups excluding tert-OH is 2. The molecule has 0 radical (unpaired) electrons. The van der Waals surface area contributed by atoms with E-state index in [1.165, 1.54) is 18.2 Å². The van der Waals surface area contributed by atoms with Crippen molar-refractivity contribution in [2.75, 3.05) is 11.9 Å². The second kappa shape index (κ2) is 11.9. The Kier molecular flexibility index (Phi) is 8.89. The van der Waals surface area contributed by atoms with E-state index >= 15 is 0 Å². The quantitative estimate of drug-likeness (QED) is 0.363. The minimum atomic E-state index is -1.18. The topological polar surface area (TPSA) is 125 Å². The molecule has 192 valence electrons. The molecule has 10 heteroatoms. The molecular weight excluding hydrogens is 465 g/mol. The predicted octanol–water partition coefficient (Wildman–Crippen LogP) is 3.99. The zero-order valence-corrected chi connectivity index (χ0v) is 20.8. The van der Waals surface area contributed by atoms with Gasteiger partial charge in [-0.25, -0.2) is 19.0 Å². The number of benzene rings is 1. The van der Waals surface area contributed by atoms with Crippen LogP contribution in [0.4, 0.5) is 16.2 Å². The van der Waals surface area contributed by atoms with Crippen molar-refractivity contribution in [2.24, 2.45) is 0 Å². The minimum Gasteiger partial charge on any atom is -0.481 e. The van der Waals surface area contributed by atoms with Crippen LogP contribution in [0.25, 0.3) is 17.3 Å². The van der Waals surface area contributed by atoms with Gasteiger partial charge in [0, 0.05) is 37.2 Å². The highest BCUT2D eigenvalue weighted by Crippen LogP contribution is 2.33. The average Bonchev–Trinajstić information content (AvgIpc) is 3.30. The van der Waals surface area contributed by atoms with Crippen molar-refractivity contribution in [3.63, 3.8) is 0 Å². The van der Waals surface area contributed by atoms with E-state index in [0.717, 1.165) is 5.82 Å². The number of rotatable bonds is 11. The lowest BCUT2D eigenvalue weighted by Gasteiger charge is -2.22. The first-order valence-electron chi connectivity index (χ1n) is 11.8. The molecule has 2 atom stereocenters. The molecule has 0 aliphatic rings. The molecule has 1 aromatic carbocycles. The largest absolute Gasteiger partial charge is 0.481 e. The lowest BCUT2D eigenvalue weighted by atomic mass is 9.97. The van der Waals surface area contributed by atoms with Crippen molar-refractivity contribution in [2.45, 2.75) is 58.3 Å². The fourth-order valence-electron chi connectivity index (χ4n) is 3.86. The van der Waals surface area contributed by atoms with Gasteiger partial charge in [0.15, 0.2) is 0 Å². The standard InChI is InChI=1S/C26H32FN5O4/c1-5-32-22(12-13-28-32)31(4)26-29-24(16(2)3)21(11-10-19(33)14-20(34)15-23(35)36)25(30-26)17-6-8-18(27)9-7-17/h6-13,16,19-20,33-34H,5,14-15H2,1-4H3,(H,35,36)/t19-,20-/m1/s1. The second-order valence-corrected chi connectivity index (χ2v) is 8.81. The van der Waals surface area contributed by atoms with Crippen molar-refractivity contribution in [1.29, 1.82) is 0 Å². The lowest BCUT2D eigenvalue weighted by molar-refractivity contribution is -0.139. The van der Waals surface area contributed by atoms with Gasteiger partial charge in [0.05, 0.1) is 36.2 Å². The molecule has 3 aromatic rings. The monoisotopic (exact) mass is 497 g/mol. The van der Waals surface area contributed by atoms with Gasteiger partial charge in [-0.05, 0) is 37.1 Å². The first-order valence-corrected chi connectivity index (χ1v) is 11.8. The number of aliphatic carboxylic acids is 1. The Morgan fingerprint density at radius 2 is 1.86 bits per heavy atom. The van der Waals surface area contributed by atoms with E-state index in [-0.39, 0.29) is 18.2 Å². The number of nitrogens with zero attached hydrogens (tertiary/aromatic N) is 5. The highest BCUT2D eigenvalue weighted by Gasteiger charge is 2.21. The Hall–Kier alpha value is -3.63. The van der Waals surface area contributed by atoms with Crippen LogP contribution in [-0.2, 0) is 11.3 Å². The number of aliphatic hydroxyl groups is 2. The molecule has 0 spiro atoms. The molecule has 3 N–H and O–H groups in total. The maximum Gasteiger partial charge on any atom is 0.305 e. The van der Waals surface area contributed by atoms with Crippen molar-refractivity contribution < 1.29 is 24.5 Å². The van der Waals surface area contributed by atoms with Gasteiger partial charge in [-0.15, -0.1) is 0 Å². The van der Waals surface area contributed by atoms with Crippen LogP contribution >= 0.6 is 0 Å². The van der Waals surface area contributed by atoms with Gasteiger partial charge in [0.2, 0.25) is 5.95 Å². The summed E-state index contributed by atoms with van der Waals surface area (Å²) in [4.78, 5) is 22.3. The van der Waals surface area contributed by atoms with Crippen LogP contribution in [0.5, 0.6) is 0 Å². The maximum absolute atomic E-state index is 13.7. The first kappa shape index (κ1) is 27.0. The van der Waals surface area contributed by atoms with Crippen LogP contribution in [0.2, 0.25) is 0 Å². The number of hydrogen-bond donors (Lipinski definition) is 3. The van der Waals surface area contributed by atoms with E-state index in [1.807, 2.05) is 43.5 Å². The number of aromatic nitrogens is 4. The Balaban J connectivity index is 2.10. The summed E-state index contributed by atoms with van der Waals surface area (Å²) in [5, 5.41) is 33.4. The molecule has 3 rings (SSSR count). The number of hydrogen-bond acceptors (Lipinski definition) is 7. The highest BCUT2D eigenvalue weighted by molar-refractivity contribution is 5.75. The van der Waals surface area contributed by atoms with E-state index in [0.29, 0.717) is 35.0 Å². The summed E-state index contributed by atoms with van der Waals surface area (Å²) in [7, 11) is 1.85. The van der Waals surface area contributed by atoms with Gasteiger partial charge in [0.1, 0.15) is 11.6 Å². The SMILES string of the molecule is CCn1nccc1N(C)c1nc(-c2ccc(F)cc2)c(C=C[C@@H](O)C[C@@H](O)CC(=O)O)c(C(C)C)n1. The predicted molar refractivity (Wildman–Crippen MR) is 135 cm³/mol.